The maximum absolute atomic E-state index is 13.7. The number of nitrogens with zero attached hydrogens (tertiary/aromatic N) is 4. The summed E-state index contributed by atoms with van der Waals surface area (Å²) in [5, 5.41) is 12.1. The number of benzene rings is 6. The highest BCUT2D eigenvalue weighted by Gasteiger charge is 2.41. The number of hydrogen-bond donors (Lipinski definition) is 0. The molecule has 6 aromatic carbocycles. The van der Waals surface area contributed by atoms with E-state index in [0.717, 1.165) is 32.0 Å². The molecule has 4 amide bonds. The highest BCUT2D eigenvalue weighted by Crippen LogP contribution is 2.36. The first-order chi connectivity index (χ1) is 23.3. The summed E-state index contributed by atoms with van der Waals surface area (Å²) in [4.78, 5) is 56.1. The van der Waals surface area contributed by atoms with Crippen LogP contribution in [0.1, 0.15) is 47.0 Å². The second-order valence-corrected chi connectivity index (χ2v) is 11.9. The second kappa shape index (κ2) is 10.1. The Bertz CT molecular complexity index is 2570. The van der Waals surface area contributed by atoms with Crippen LogP contribution < -0.4 is 9.80 Å². The van der Waals surface area contributed by atoms with Crippen molar-refractivity contribution < 1.29 is 23.6 Å². The Balaban J connectivity index is 1.02. The molecule has 0 aliphatic carbocycles. The third-order valence-electron chi connectivity index (χ3n) is 8.96. The van der Waals surface area contributed by atoms with Crippen LogP contribution in [0.3, 0.4) is 0 Å². The van der Waals surface area contributed by atoms with Gasteiger partial charge in [0.2, 0.25) is 5.89 Å². The maximum atomic E-state index is 13.7. The Morgan fingerprint density at radius 3 is 1.69 bits per heavy atom. The summed E-state index contributed by atoms with van der Waals surface area (Å²) in [5.74, 6) is -1.83. The quantitative estimate of drug-likeness (QED) is 0.146. The highest BCUT2D eigenvalue weighted by molar-refractivity contribution is 6.35. The van der Waals surface area contributed by atoms with Crippen LogP contribution in [0.4, 0.5) is 11.7 Å². The predicted molar refractivity (Wildman–Crippen MR) is 180 cm³/mol. The number of rotatable bonds is 4. The Kier molecular flexibility index (Phi) is 5.82. The molecule has 2 aliphatic heterocycles. The summed E-state index contributed by atoms with van der Waals surface area (Å²) in [6, 6.07) is 34.8. The van der Waals surface area contributed by atoms with Crippen LogP contribution in [0.25, 0.3) is 44.1 Å². The summed E-state index contributed by atoms with van der Waals surface area (Å²) in [7, 11) is 0. The molecule has 3 heterocycles. The largest absolute Gasteiger partial charge is 0.403 e. The zero-order valence-electron chi connectivity index (χ0n) is 25.3. The SMILES string of the molecule is Cc1ccc(-c2nnc(N3C(=O)c4ccc(-c5ccc6c(c5)C(=O)N(c5ccc7cc8ccccc8cc7c5)C6=O)cc4C3=O)o2)cc1. The summed E-state index contributed by atoms with van der Waals surface area (Å²) >= 11 is 0. The van der Waals surface area contributed by atoms with Gasteiger partial charge in [0.15, 0.2) is 0 Å². The Labute approximate surface area is 272 Å². The normalized spacial score (nSPS) is 14.0. The van der Waals surface area contributed by atoms with Crippen molar-refractivity contribution in [3.63, 3.8) is 0 Å². The van der Waals surface area contributed by atoms with E-state index in [9.17, 15) is 19.2 Å². The van der Waals surface area contributed by atoms with Gasteiger partial charge in [0.25, 0.3) is 23.6 Å². The number of carbonyl (C=O) groups is 4. The first kappa shape index (κ1) is 27.6. The van der Waals surface area contributed by atoms with Crippen LogP contribution in [0, 0.1) is 6.92 Å². The summed E-state index contributed by atoms with van der Waals surface area (Å²) in [6.45, 7) is 1.96. The van der Waals surface area contributed by atoms with Gasteiger partial charge in [-0.3, -0.25) is 19.2 Å². The molecule has 9 rings (SSSR count). The van der Waals surface area contributed by atoms with Crippen molar-refractivity contribution >= 4 is 56.9 Å². The molecule has 0 spiro atoms. The lowest BCUT2D eigenvalue weighted by molar-refractivity contribution is 0.0906. The number of carbonyl (C=O) groups excluding carboxylic acids is 4. The molecular weight excluding hydrogens is 604 g/mol. The van der Waals surface area contributed by atoms with Crippen LogP contribution in [0.5, 0.6) is 0 Å². The van der Waals surface area contributed by atoms with Gasteiger partial charge < -0.3 is 4.42 Å². The first-order valence-electron chi connectivity index (χ1n) is 15.2. The lowest BCUT2D eigenvalue weighted by Crippen LogP contribution is -2.29. The maximum Gasteiger partial charge on any atom is 0.332 e. The molecule has 1 aromatic heterocycles. The Hall–Kier alpha value is -6.74. The van der Waals surface area contributed by atoms with Crippen LogP contribution >= 0.6 is 0 Å². The van der Waals surface area contributed by atoms with Crippen molar-refractivity contribution in [2.75, 3.05) is 9.80 Å². The topological polar surface area (TPSA) is 114 Å². The van der Waals surface area contributed by atoms with Crippen molar-refractivity contribution in [1.82, 2.24) is 10.2 Å². The molecule has 0 radical (unpaired) electrons. The number of fused-ring (bicyclic) bond motifs is 4. The van der Waals surface area contributed by atoms with E-state index in [-0.39, 0.29) is 28.6 Å². The standard InChI is InChI=1S/C39H22N4O5/c1-21-6-8-22(9-7-21)34-40-41-39(48-34)43-36(45)31-15-12-27(20-33(31)38(43)47)26-11-14-30-32(19-26)37(46)42(35(30)44)29-13-10-25-16-23-4-2-3-5-24(23)17-28(25)18-29/h2-20H,1H3. The fourth-order valence-corrected chi connectivity index (χ4v) is 6.43. The van der Waals surface area contributed by atoms with Crippen LogP contribution in [0.15, 0.2) is 120 Å². The minimum Gasteiger partial charge on any atom is -0.403 e. The van der Waals surface area contributed by atoms with E-state index in [2.05, 4.69) is 16.3 Å². The predicted octanol–water partition coefficient (Wildman–Crippen LogP) is 7.62. The molecule has 0 unspecified atom stereocenters. The molecule has 228 valence electrons. The smallest absolute Gasteiger partial charge is 0.332 e. The van der Waals surface area contributed by atoms with Crippen LogP contribution in [0.2, 0.25) is 0 Å². The summed E-state index contributed by atoms with van der Waals surface area (Å²) in [5.41, 5.74) is 4.34. The Morgan fingerprint density at radius 1 is 0.479 bits per heavy atom. The molecule has 48 heavy (non-hydrogen) atoms. The highest BCUT2D eigenvalue weighted by atomic mass is 16.4. The zero-order valence-corrected chi connectivity index (χ0v) is 25.3. The van der Waals surface area contributed by atoms with Crippen molar-refractivity contribution in [2.45, 2.75) is 6.92 Å². The number of imide groups is 2. The molecule has 0 fully saturated rings. The molecule has 9 nitrogen and oxygen atoms in total. The molecule has 2 aliphatic rings. The van der Waals surface area contributed by atoms with Gasteiger partial charge in [0, 0.05) is 5.56 Å². The van der Waals surface area contributed by atoms with Crippen molar-refractivity contribution in [2.24, 2.45) is 0 Å². The summed E-state index contributed by atoms with van der Waals surface area (Å²) < 4.78 is 5.73. The summed E-state index contributed by atoms with van der Waals surface area (Å²) in [6.07, 6.45) is 0. The van der Waals surface area contributed by atoms with E-state index < -0.39 is 23.6 Å². The van der Waals surface area contributed by atoms with Gasteiger partial charge in [-0.2, -0.15) is 4.90 Å². The van der Waals surface area contributed by atoms with Gasteiger partial charge in [-0.05, 0) is 100 Å². The van der Waals surface area contributed by atoms with E-state index in [1.54, 1.807) is 42.5 Å². The van der Waals surface area contributed by atoms with Gasteiger partial charge in [-0.15, -0.1) is 5.10 Å². The molecule has 9 heteroatoms. The second-order valence-electron chi connectivity index (χ2n) is 11.9. The molecular formula is C39H22N4O5. The van der Waals surface area contributed by atoms with E-state index in [1.165, 1.54) is 4.90 Å². The number of aromatic nitrogens is 2. The van der Waals surface area contributed by atoms with Gasteiger partial charge in [0.05, 0.1) is 27.9 Å². The van der Waals surface area contributed by atoms with Gasteiger partial charge in [-0.25, -0.2) is 4.90 Å². The number of amides is 4. The Morgan fingerprint density at radius 2 is 1.02 bits per heavy atom. The lowest BCUT2D eigenvalue weighted by Gasteiger charge is -2.15. The van der Waals surface area contributed by atoms with E-state index >= 15 is 0 Å². The van der Waals surface area contributed by atoms with Crippen molar-refractivity contribution in [1.29, 1.82) is 0 Å². The average Bonchev–Trinajstić information content (AvgIpc) is 3.76. The number of anilines is 2. The molecule has 0 bridgehead atoms. The lowest BCUT2D eigenvalue weighted by atomic mass is 9.97. The molecule has 0 saturated carbocycles. The minimum absolute atomic E-state index is 0.167. The van der Waals surface area contributed by atoms with Gasteiger partial charge >= 0.3 is 6.01 Å². The third-order valence-corrected chi connectivity index (χ3v) is 8.96. The fourth-order valence-electron chi connectivity index (χ4n) is 6.43. The molecule has 7 aromatic rings. The van der Waals surface area contributed by atoms with Gasteiger partial charge in [0.1, 0.15) is 0 Å². The van der Waals surface area contributed by atoms with Crippen molar-refractivity contribution in [3.05, 3.63) is 143 Å². The minimum atomic E-state index is -0.598. The third kappa shape index (κ3) is 4.11. The fraction of sp³-hybridized carbons (Fsp3) is 0.0256. The van der Waals surface area contributed by atoms with E-state index in [4.69, 9.17) is 4.42 Å². The van der Waals surface area contributed by atoms with Crippen LogP contribution in [-0.2, 0) is 0 Å². The zero-order chi connectivity index (χ0) is 32.7. The number of hydrogen-bond acceptors (Lipinski definition) is 7. The van der Waals surface area contributed by atoms with E-state index in [0.29, 0.717) is 27.9 Å². The van der Waals surface area contributed by atoms with E-state index in [1.807, 2.05) is 73.7 Å². The average molecular weight is 627 g/mol. The van der Waals surface area contributed by atoms with Crippen molar-refractivity contribution in [3.8, 4) is 22.6 Å². The van der Waals surface area contributed by atoms with Crippen LogP contribution in [-0.4, -0.2) is 33.8 Å². The van der Waals surface area contributed by atoms with Gasteiger partial charge in [-0.1, -0.05) is 65.3 Å². The number of aryl methyl sites for hydroxylation is 1. The molecule has 0 saturated heterocycles. The molecule has 0 atom stereocenters. The monoisotopic (exact) mass is 626 g/mol. The molecule has 0 N–H and O–H groups in total. The first-order valence-corrected chi connectivity index (χ1v) is 15.2.